The Labute approximate surface area is 133 Å². The van der Waals surface area contributed by atoms with Gasteiger partial charge in [-0.3, -0.25) is 9.59 Å². The third-order valence-electron chi connectivity index (χ3n) is 2.92. The van der Waals surface area contributed by atoms with E-state index in [-0.39, 0.29) is 11.7 Å². The number of hydrogen-bond acceptors (Lipinski definition) is 2. The Morgan fingerprint density at radius 1 is 1.00 bits per heavy atom. The molecular weight excluding hydrogens is 298 g/mol. The molecule has 0 atom stereocenters. The van der Waals surface area contributed by atoms with E-state index in [1.165, 1.54) is 12.2 Å². The summed E-state index contributed by atoms with van der Waals surface area (Å²) in [6.07, 6.45) is 4.42. The van der Waals surface area contributed by atoms with Crippen molar-refractivity contribution in [2.75, 3.05) is 5.32 Å². The highest BCUT2D eigenvalue weighted by molar-refractivity contribution is 6.30. The molecule has 4 heteroatoms. The van der Waals surface area contributed by atoms with Crippen LogP contribution < -0.4 is 5.32 Å². The summed E-state index contributed by atoms with van der Waals surface area (Å²) < 4.78 is 0. The van der Waals surface area contributed by atoms with Gasteiger partial charge in [-0.15, -0.1) is 0 Å². The average molecular weight is 312 g/mol. The lowest BCUT2D eigenvalue weighted by atomic mass is 10.1. The van der Waals surface area contributed by atoms with Crippen molar-refractivity contribution in [1.82, 2.24) is 0 Å². The molecule has 3 nitrogen and oxygen atoms in total. The van der Waals surface area contributed by atoms with Crippen molar-refractivity contribution in [3.63, 3.8) is 0 Å². The zero-order chi connectivity index (χ0) is 15.9. The molecule has 0 radical (unpaired) electrons. The lowest BCUT2D eigenvalue weighted by molar-refractivity contribution is -0.111. The Morgan fingerprint density at radius 2 is 1.64 bits per heavy atom. The first kappa shape index (κ1) is 15.7. The van der Waals surface area contributed by atoms with E-state index in [1.54, 1.807) is 42.5 Å². The van der Waals surface area contributed by atoms with Gasteiger partial charge in [0.1, 0.15) is 0 Å². The van der Waals surface area contributed by atoms with Crippen LogP contribution >= 0.6 is 11.6 Å². The van der Waals surface area contributed by atoms with Gasteiger partial charge in [-0.1, -0.05) is 36.4 Å². The quantitative estimate of drug-likeness (QED) is 0.658. The molecule has 2 aromatic carbocycles. The molecule has 2 rings (SSSR count). The third-order valence-corrected chi connectivity index (χ3v) is 3.17. The highest BCUT2D eigenvalue weighted by Crippen LogP contribution is 2.13. The fourth-order valence-corrected chi connectivity index (χ4v) is 1.88. The van der Waals surface area contributed by atoms with Crippen LogP contribution in [-0.2, 0) is 4.79 Å². The maximum Gasteiger partial charge on any atom is 0.247 e. The highest BCUT2D eigenvalue weighted by atomic mass is 35.5. The van der Waals surface area contributed by atoms with Gasteiger partial charge in [0.15, 0.2) is 5.78 Å². The van der Waals surface area contributed by atoms with Gasteiger partial charge in [-0.2, -0.15) is 0 Å². The number of benzene rings is 2. The van der Waals surface area contributed by atoms with Gasteiger partial charge in [0.2, 0.25) is 5.91 Å². The number of anilines is 1. The molecule has 2 aromatic rings. The van der Waals surface area contributed by atoms with Gasteiger partial charge in [-0.25, -0.2) is 0 Å². The molecule has 0 heterocycles. The number of amides is 1. The lowest BCUT2D eigenvalue weighted by Crippen LogP contribution is -2.07. The molecule has 0 spiro atoms. The van der Waals surface area contributed by atoms with E-state index in [4.69, 9.17) is 11.6 Å². The van der Waals surface area contributed by atoms with Crippen molar-refractivity contribution in [1.29, 1.82) is 0 Å². The van der Waals surface area contributed by atoms with Crippen molar-refractivity contribution in [3.8, 4) is 0 Å². The number of rotatable bonds is 5. The Hall–Kier alpha value is -2.65. The third kappa shape index (κ3) is 4.43. The van der Waals surface area contributed by atoms with E-state index in [0.29, 0.717) is 16.3 Å². The van der Waals surface area contributed by atoms with E-state index in [9.17, 15) is 9.59 Å². The SMILES string of the molecule is C=CC(=O)Nc1ccc(C(=O)/C=C/c2ccc(Cl)cc2)cc1. The van der Waals surface area contributed by atoms with Crippen LogP contribution in [0.2, 0.25) is 5.02 Å². The summed E-state index contributed by atoms with van der Waals surface area (Å²) in [5, 5.41) is 3.28. The van der Waals surface area contributed by atoms with E-state index in [1.807, 2.05) is 12.1 Å². The molecule has 110 valence electrons. The normalized spacial score (nSPS) is 10.4. The van der Waals surface area contributed by atoms with Gasteiger partial charge in [-0.05, 0) is 54.1 Å². The molecule has 0 saturated carbocycles. The summed E-state index contributed by atoms with van der Waals surface area (Å²) in [6.45, 7) is 3.38. The largest absolute Gasteiger partial charge is 0.323 e. The Morgan fingerprint density at radius 3 is 2.23 bits per heavy atom. The molecule has 1 N–H and O–H groups in total. The topological polar surface area (TPSA) is 46.2 Å². The van der Waals surface area contributed by atoms with Crippen LogP contribution in [0.25, 0.3) is 6.08 Å². The summed E-state index contributed by atoms with van der Waals surface area (Å²) >= 11 is 5.80. The zero-order valence-corrected chi connectivity index (χ0v) is 12.5. The van der Waals surface area contributed by atoms with E-state index >= 15 is 0 Å². The summed E-state index contributed by atoms with van der Waals surface area (Å²) in [6, 6.07) is 13.9. The summed E-state index contributed by atoms with van der Waals surface area (Å²) in [7, 11) is 0. The minimum atomic E-state index is -0.290. The average Bonchev–Trinajstić information content (AvgIpc) is 2.54. The molecule has 0 aliphatic heterocycles. The Kier molecular flexibility index (Phi) is 5.28. The van der Waals surface area contributed by atoms with Crippen LogP contribution in [0.1, 0.15) is 15.9 Å². The summed E-state index contributed by atoms with van der Waals surface area (Å²) in [4.78, 5) is 23.2. The van der Waals surface area contributed by atoms with Gasteiger partial charge >= 0.3 is 0 Å². The number of ketones is 1. The molecular formula is C18H14ClNO2. The molecule has 0 bridgehead atoms. The second-order valence-corrected chi connectivity index (χ2v) is 4.96. The minimum absolute atomic E-state index is 0.114. The van der Waals surface area contributed by atoms with Gasteiger partial charge in [0.25, 0.3) is 0 Å². The second kappa shape index (κ2) is 7.38. The Balaban J connectivity index is 2.04. The molecule has 0 unspecified atom stereocenters. The number of allylic oxidation sites excluding steroid dienone is 1. The smallest absolute Gasteiger partial charge is 0.247 e. The molecule has 0 saturated heterocycles. The van der Waals surface area contributed by atoms with Crippen molar-refractivity contribution in [2.24, 2.45) is 0 Å². The van der Waals surface area contributed by atoms with E-state index in [2.05, 4.69) is 11.9 Å². The van der Waals surface area contributed by atoms with Crippen LogP contribution in [0.3, 0.4) is 0 Å². The maximum absolute atomic E-state index is 12.1. The first-order valence-electron chi connectivity index (χ1n) is 6.60. The zero-order valence-electron chi connectivity index (χ0n) is 11.8. The van der Waals surface area contributed by atoms with E-state index < -0.39 is 0 Å². The van der Waals surface area contributed by atoms with Gasteiger partial charge < -0.3 is 5.32 Å². The van der Waals surface area contributed by atoms with Crippen LogP contribution in [-0.4, -0.2) is 11.7 Å². The van der Waals surface area contributed by atoms with E-state index in [0.717, 1.165) is 5.56 Å². The fourth-order valence-electron chi connectivity index (χ4n) is 1.75. The van der Waals surface area contributed by atoms with Gasteiger partial charge in [0, 0.05) is 16.3 Å². The van der Waals surface area contributed by atoms with Crippen LogP contribution in [0, 0.1) is 0 Å². The predicted molar refractivity (Wildman–Crippen MR) is 90.1 cm³/mol. The molecule has 0 aliphatic carbocycles. The van der Waals surface area contributed by atoms with Crippen LogP contribution in [0.15, 0.2) is 67.3 Å². The van der Waals surface area contributed by atoms with Crippen LogP contribution in [0.5, 0.6) is 0 Å². The lowest BCUT2D eigenvalue weighted by Gasteiger charge is -2.02. The first-order valence-corrected chi connectivity index (χ1v) is 6.98. The van der Waals surface area contributed by atoms with Crippen molar-refractivity contribution >= 4 is 35.1 Å². The predicted octanol–water partition coefficient (Wildman–Crippen LogP) is 4.36. The number of halogens is 1. The second-order valence-electron chi connectivity index (χ2n) is 4.52. The van der Waals surface area contributed by atoms with Crippen LogP contribution in [0.4, 0.5) is 5.69 Å². The standard InChI is InChI=1S/C18H14ClNO2/c1-2-18(22)20-16-10-6-14(7-11-16)17(21)12-5-13-3-8-15(19)9-4-13/h2-12H,1H2,(H,20,22)/b12-5+. The molecule has 0 aliphatic rings. The van der Waals surface area contributed by atoms with Crippen molar-refractivity contribution in [2.45, 2.75) is 0 Å². The molecule has 22 heavy (non-hydrogen) atoms. The number of nitrogens with one attached hydrogen (secondary N) is 1. The summed E-state index contributed by atoms with van der Waals surface area (Å²) in [5.74, 6) is -0.404. The minimum Gasteiger partial charge on any atom is -0.323 e. The first-order chi connectivity index (χ1) is 10.6. The number of carbonyl (C=O) groups excluding carboxylic acids is 2. The molecule has 1 amide bonds. The van der Waals surface area contributed by atoms with Gasteiger partial charge in [0.05, 0.1) is 0 Å². The number of hydrogen-bond donors (Lipinski definition) is 1. The monoisotopic (exact) mass is 311 g/mol. The van der Waals surface area contributed by atoms with Crippen molar-refractivity contribution in [3.05, 3.63) is 83.4 Å². The Bertz CT molecular complexity index is 716. The highest BCUT2D eigenvalue weighted by Gasteiger charge is 2.03. The molecule has 0 fully saturated rings. The summed E-state index contributed by atoms with van der Waals surface area (Å²) in [5.41, 5.74) is 2.05. The molecule has 0 aromatic heterocycles. The maximum atomic E-state index is 12.1. The number of carbonyl (C=O) groups is 2. The fraction of sp³-hybridized carbons (Fsp3) is 0. The van der Waals surface area contributed by atoms with Crippen molar-refractivity contribution < 1.29 is 9.59 Å².